The van der Waals surface area contributed by atoms with E-state index >= 15 is 0 Å². The summed E-state index contributed by atoms with van der Waals surface area (Å²) in [5.74, 6) is 0. The van der Waals surface area contributed by atoms with E-state index in [4.69, 9.17) is 0 Å². The van der Waals surface area contributed by atoms with Crippen molar-refractivity contribution in [1.82, 2.24) is 0 Å². The van der Waals surface area contributed by atoms with Crippen LogP contribution in [-0.2, 0) is 0 Å². The molecule has 0 N–H and O–H groups in total. The number of hydrogen-bond donors (Lipinski definition) is 0. The van der Waals surface area contributed by atoms with Crippen molar-refractivity contribution in [3.63, 3.8) is 0 Å². The molecule has 0 aliphatic rings. The summed E-state index contributed by atoms with van der Waals surface area (Å²) in [6, 6.07) is 0. The Hall–Kier alpha value is 0.424. The smallest absolute Gasteiger partial charge is 0.245 e. The molecule has 42 valence electrons. The van der Waals surface area contributed by atoms with Crippen molar-refractivity contribution < 1.29 is 18.9 Å². The van der Waals surface area contributed by atoms with Gasteiger partial charge in [-0.15, -0.1) is 0 Å². The Morgan fingerprint density at radius 3 is 1.62 bits per heavy atom. The Kier molecular flexibility index (Phi) is 6.07. The molecule has 0 aromatic heterocycles. The van der Waals surface area contributed by atoms with Crippen LogP contribution < -0.4 is 18.9 Å². The molecule has 0 rings (SSSR count). The second-order valence-electron chi connectivity index (χ2n) is 2.77. The first-order valence-corrected chi connectivity index (χ1v) is 6.11. The molecule has 0 spiro atoms. The second kappa shape index (κ2) is 4.32. The summed E-state index contributed by atoms with van der Waals surface area (Å²) in [4.78, 5) is 0. The first kappa shape index (κ1) is 11.3. The summed E-state index contributed by atoms with van der Waals surface area (Å²) < 4.78 is 0. The first-order valence-electron chi connectivity index (χ1n) is 2.53. The zero-order valence-electron chi connectivity index (χ0n) is 6.36. The van der Waals surface area contributed by atoms with Crippen LogP contribution in [0.1, 0.15) is 0 Å². The van der Waals surface area contributed by atoms with Gasteiger partial charge < -0.3 is 0 Å². The first-order chi connectivity index (χ1) is 3.06. The van der Waals surface area contributed by atoms with E-state index < -0.39 is 8.07 Å². The van der Waals surface area contributed by atoms with Crippen molar-refractivity contribution in [3.8, 4) is 0 Å². The van der Waals surface area contributed by atoms with Crippen molar-refractivity contribution in [2.45, 2.75) is 19.6 Å². The molecule has 0 unspecified atom stereocenters. The van der Waals surface area contributed by atoms with Crippen molar-refractivity contribution in [2.24, 2.45) is 0 Å². The molecule has 0 nitrogen and oxygen atoms in total. The summed E-state index contributed by atoms with van der Waals surface area (Å²) in [6.45, 7) is 10.5. The molecule has 0 radical (unpaired) electrons. The van der Waals surface area contributed by atoms with E-state index in [9.17, 15) is 0 Å². The van der Waals surface area contributed by atoms with Crippen LogP contribution in [-0.4, -0.2) is 8.07 Å². The van der Waals surface area contributed by atoms with Gasteiger partial charge in [0, 0.05) is 0 Å². The summed E-state index contributed by atoms with van der Waals surface area (Å²) in [6.07, 6.45) is 1.90. The molecule has 0 saturated carbocycles. The predicted octanol–water partition coefficient (Wildman–Crippen LogP) is -0.742. The van der Waals surface area contributed by atoms with E-state index in [1.165, 1.54) is 0 Å². The van der Waals surface area contributed by atoms with Gasteiger partial charge in [0.1, 0.15) is 0 Å². The maximum atomic E-state index is 3.63. The average Bonchev–Trinajstić information content (AvgIpc) is 1.30. The Morgan fingerprint density at radius 2 is 1.62 bits per heavy atom. The van der Waals surface area contributed by atoms with Gasteiger partial charge in [-0.1, -0.05) is 19.6 Å². The molecule has 0 aromatic carbocycles. The van der Waals surface area contributed by atoms with Crippen LogP contribution >= 0.6 is 0 Å². The van der Waals surface area contributed by atoms with Gasteiger partial charge in [-0.3, -0.25) is 0 Å². The fraction of sp³-hybridized carbons (Fsp3) is 0.500. The molecule has 2 heteroatoms. The zero-order chi connectivity index (χ0) is 5.91. The number of hydrogen-bond acceptors (Lipinski definition) is 0. The summed E-state index contributed by atoms with van der Waals surface area (Å²) in [7, 11) is -0.900. The van der Waals surface area contributed by atoms with E-state index in [0.717, 1.165) is 0 Å². The van der Waals surface area contributed by atoms with E-state index in [0.29, 0.717) is 0 Å². The third-order valence-electron chi connectivity index (χ3n) is 0.618. The molecule has 0 amide bonds. The van der Waals surface area contributed by atoms with E-state index in [1.807, 2.05) is 6.08 Å². The number of allylic oxidation sites excluding steroid dienone is 1. The fourth-order valence-electron chi connectivity index (χ4n) is 0.354. The van der Waals surface area contributed by atoms with Crippen LogP contribution in [0.4, 0.5) is 0 Å². The molecular formula is C6H13LiSi. The van der Waals surface area contributed by atoms with Crippen LogP contribution in [0, 0.1) is 6.92 Å². The molecule has 0 aliphatic heterocycles. The Bertz CT molecular complexity index is 71.1. The Balaban J connectivity index is 0. The van der Waals surface area contributed by atoms with Crippen LogP contribution in [0.3, 0.4) is 0 Å². The molecular weight excluding hydrogens is 107 g/mol. The van der Waals surface area contributed by atoms with Gasteiger partial charge in [-0.25, -0.2) is 18.7 Å². The van der Waals surface area contributed by atoms with E-state index in [1.54, 1.807) is 0 Å². The molecule has 0 heterocycles. The maximum absolute atomic E-state index is 3.63. The minimum atomic E-state index is -0.900. The average molecular weight is 120 g/mol. The van der Waals surface area contributed by atoms with Gasteiger partial charge in [0.25, 0.3) is 0 Å². The third kappa shape index (κ3) is 9.66. The molecule has 0 fully saturated rings. The van der Waals surface area contributed by atoms with Crippen molar-refractivity contribution in [3.05, 3.63) is 18.7 Å². The maximum Gasteiger partial charge on any atom is 1.00 e. The van der Waals surface area contributed by atoms with E-state index in [2.05, 4.69) is 32.3 Å². The van der Waals surface area contributed by atoms with Crippen LogP contribution in [0.2, 0.25) is 19.6 Å². The summed E-state index contributed by atoms with van der Waals surface area (Å²) >= 11 is 0. The van der Waals surface area contributed by atoms with Gasteiger partial charge in [0.15, 0.2) is 0 Å². The Labute approximate surface area is 65.6 Å². The SMILES string of the molecule is [CH2-]/C=C/[Si](C)(C)C.[Li+]. The molecule has 8 heavy (non-hydrogen) atoms. The van der Waals surface area contributed by atoms with Gasteiger partial charge >= 0.3 is 18.9 Å². The van der Waals surface area contributed by atoms with Crippen LogP contribution in [0.25, 0.3) is 0 Å². The topological polar surface area (TPSA) is 0 Å². The number of rotatable bonds is 1. The van der Waals surface area contributed by atoms with E-state index in [-0.39, 0.29) is 18.9 Å². The molecule has 0 aliphatic carbocycles. The third-order valence-corrected chi connectivity index (χ3v) is 1.85. The second-order valence-corrected chi connectivity index (χ2v) is 7.83. The van der Waals surface area contributed by atoms with Crippen LogP contribution in [0.5, 0.6) is 0 Å². The molecule has 0 atom stereocenters. The van der Waals surface area contributed by atoms with Crippen molar-refractivity contribution >= 4 is 8.07 Å². The van der Waals surface area contributed by atoms with Crippen LogP contribution in [0.15, 0.2) is 11.8 Å². The van der Waals surface area contributed by atoms with Crippen molar-refractivity contribution in [2.75, 3.05) is 0 Å². The van der Waals surface area contributed by atoms with Gasteiger partial charge in [-0.2, -0.15) is 0 Å². The minimum absolute atomic E-state index is 0. The monoisotopic (exact) mass is 120 g/mol. The predicted molar refractivity (Wildman–Crippen MR) is 37.8 cm³/mol. The Morgan fingerprint density at radius 1 is 1.25 bits per heavy atom. The standard InChI is InChI=1S/C6H13Si.Li/c1-5-6-7(2,3)4;/h5-6H,1H2,2-4H3;/q-1;+1/b6-5+;. The quantitative estimate of drug-likeness (QED) is 0.316. The largest absolute Gasteiger partial charge is 1.00 e. The molecule has 0 bridgehead atoms. The summed E-state index contributed by atoms with van der Waals surface area (Å²) in [5, 5.41) is 0. The summed E-state index contributed by atoms with van der Waals surface area (Å²) in [5.41, 5.74) is 2.22. The molecule has 0 aromatic rings. The molecule has 0 saturated heterocycles. The van der Waals surface area contributed by atoms with Gasteiger partial charge in [0.05, 0.1) is 0 Å². The van der Waals surface area contributed by atoms with Gasteiger partial charge in [0.2, 0.25) is 0 Å². The normalized spacial score (nSPS) is 11.4. The zero-order valence-corrected chi connectivity index (χ0v) is 7.36. The van der Waals surface area contributed by atoms with Crippen molar-refractivity contribution in [1.29, 1.82) is 0 Å². The minimum Gasteiger partial charge on any atom is -0.245 e. The van der Waals surface area contributed by atoms with Gasteiger partial charge in [-0.05, 0) is 8.07 Å². The fourth-order valence-corrected chi connectivity index (χ4v) is 1.06.